The number of hydrogen-bond donors (Lipinski definition) is 1. The first-order valence-corrected chi connectivity index (χ1v) is 12.4. The van der Waals surface area contributed by atoms with E-state index in [4.69, 9.17) is 0 Å². The highest BCUT2D eigenvalue weighted by Gasteiger charge is 2.26. The van der Waals surface area contributed by atoms with E-state index in [0.717, 1.165) is 48.1 Å². The number of quaternary nitrogens is 1. The molecular formula is C21H27N2O4S2+. The molecule has 29 heavy (non-hydrogen) atoms. The highest BCUT2D eigenvalue weighted by molar-refractivity contribution is 7.93. The maximum atomic E-state index is 12.9. The van der Waals surface area contributed by atoms with E-state index in [2.05, 4.69) is 10.7 Å². The predicted molar refractivity (Wildman–Crippen MR) is 112 cm³/mol. The van der Waals surface area contributed by atoms with Gasteiger partial charge in [0.05, 0.1) is 19.2 Å². The third kappa shape index (κ3) is 5.38. The molecule has 1 fully saturated rings. The van der Waals surface area contributed by atoms with Gasteiger partial charge in [0.25, 0.3) is 0 Å². The van der Waals surface area contributed by atoms with Crippen LogP contribution in [0.1, 0.15) is 52.2 Å². The molecule has 0 atom stereocenters. The van der Waals surface area contributed by atoms with E-state index in [1.54, 1.807) is 0 Å². The lowest BCUT2D eigenvalue weighted by atomic mass is 9.90. The van der Waals surface area contributed by atoms with Crippen molar-refractivity contribution in [2.75, 3.05) is 12.3 Å². The Bertz CT molecular complexity index is 1010. The van der Waals surface area contributed by atoms with Crippen molar-refractivity contribution < 1.29 is 23.7 Å². The minimum absolute atomic E-state index is 0.0292. The van der Waals surface area contributed by atoms with Gasteiger partial charge in [-0.15, -0.1) is 11.3 Å². The lowest BCUT2D eigenvalue weighted by molar-refractivity contribution is -0.360. The van der Waals surface area contributed by atoms with Crippen LogP contribution in [0.25, 0.3) is 0 Å². The average Bonchev–Trinajstić information content (AvgIpc) is 3.35. The normalized spacial score (nSPS) is 15.0. The lowest BCUT2D eigenvalue weighted by Crippen LogP contribution is -2.53. The smallest absolute Gasteiger partial charge is 0.194 e. The van der Waals surface area contributed by atoms with Gasteiger partial charge in [-0.2, -0.15) is 0 Å². The van der Waals surface area contributed by atoms with Crippen LogP contribution in [0.15, 0.2) is 28.6 Å². The molecule has 1 heterocycles. The first kappa shape index (κ1) is 21.8. The Morgan fingerprint density at radius 1 is 1.21 bits per heavy atom. The van der Waals surface area contributed by atoms with Crippen molar-refractivity contribution >= 4 is 32.7 Å². The number of thiazole rings is 1. The van der Waals surface area contributed by atoms with Crippen molar-refractivity contribution in [2.45, 2.75) is 49.7 Å². The Morgan fingerprint density at radius 2 is 1.93 bits per heavy atom. The Labute approximate surface area is 175 Å². The Balaban J connectivity index is 1.73. The minimum Gasteiger partial charge on any atom is -0.357 e. The molecule has 0 aliphatic heterocycles. The number of rotatable bonds is 9. The third-order valence-electron chi connectivity index (χ3n) is 5.24. The van der Waals surface area contributed by atoms with Crippen molar-refractivity contribution in [3.8, 4) is 0 Å². The minimum atomic E-state index is -3.38. The molecule has 0 saturated heterocycles. The van der Waals surface area contributed by atoms with E-state index >= 15 is 0 Å². The second kappa shape index (κ2) is 9.28. The Kier molecular flexibility index (Phi) is 6.97. The highest BCUT2D eigenvalue weighted by atomic mass is 32.2. The number of ketones is 2. The van der Waals surface area contributed by atoms with Gasteiger partial charge in [-0.1, -0.05) is 30.5 Å². The molecule has 1 aliphatic carbocycles. The molecule has 2 aromatic rings. The molecule has 1 saturated carbocycles. The number of carbonyl (C=O) groups is 2. The summed E-state index contributed by atoms with van der Waals surface area (Å²) < 4.78 is 24.4. The van der Waals surface area contributed by atoms with Crippen LogP contribution < -0.4 is 5.73 Å². The fourth-order valence-corrected chi connectivity index (χ4v) is 6.25. The number of benzene rings is 1. The van der Waals surface area contributed by atoms with Gasteiger partial charge in [0, 0.05) is 17.9 Å². The van der Waals surface area contributed by atoms with E-state index in [1.165, 1.54) is 6.20 Å². The number of Topliss-reactive ketones (excluding diaryl/α,β-unsaturated/α-hetero) is 2. The quantitative estimate of drug-likeness (QED) is 0.607. The van der Waals surface area contributed by atoms with Crippen molar-refractivity contribution in [3.63, 3.8) is 0 Å². The van der Waals surface area contributed by atoms with Crippen molar-refractivity contribution in [1.82, 2.24) is 4.98 Å². The van der Waals surface area contributed by atoms with Gasteiger partial charge >= 0.3 is 0 Å². The van der Waals surface area contributed by atoms with Crippen LogP contribution in [0.2, 0.25) is 0 Å². The molecule has 0 spiro atoms. The summed E-state index contributed by atoms with van der Waals surface area (Å²) in [5.41, 5.74) is 5.99. The molecule has 8 heteroatoms. The molecule has 156 valence electrons. The molecule has 1 aromatic heterocycles. The zero-order chi connectivity index (χ0) is 21.0. The number of carbonyl (C=O) groups excluding carboxylic acids is 2. The third-order valence-corrected chi connectivity index (χ3v) is 8.59. The predicted octanol–water partition coefficient (Wildman–Crippen LogP) is 2.19. The van der Waals surface area contributed by atoms with Crippen molar-refractivity contribution in [3.05, 3.63) is 46.1 Å². The van der Waals surface area contributed by atoms with Gasteiger partial charge in [0.1, 0.15) is 20.8 Å². The maximum absolute atomic E-state index is 12.9. The molecule has 1 aliphatic rings. The van der Waals surface area contributed by atoms with Crippen LogP contribution in [0.5, 0.6) is 0 Å². The number of aromatic nitrogens is 1. The zero-order valence-electron chi connectivity index (χ0n) is 16.6. The first-order chi connectivity index (χ1) is 13.8. The van der Waals surface area contributed by atoms with Crippen LogP contribution >= 0.6 is 11.3 Å². The summed E-state index contributed by atoms with van der Waals surface area (Å²) in [7, 11) is -3.38. The standard InChI is InChI=1S/C21H26N2O4S2/c1-14-6-7-16(18(10-14)21(25)15-4-2-3-5-15)11-17(24)12-19-23-13-20(28-19)29(26,27)9-8-22/h6-7,10,13,15H,2-5,8-9,11-12,22H2,1H3/p+1. The number of sulfone groups is 1. The summed E-state index contributed by atoms with van der Waals surface area (Å²) in [4.78, 5) is 29.7. The summed E-state index contributed by atoms with van der Waals surface area (Å²) in [5.74, 6) is 0.0958. The lowest BCUT2D eigenvalue weighted by Gasteiger charge is -2.13. The maximum Gasteiger partial charge on any atom is 0.194 e. The Hall–Kier alpha value is -1.90. The molecule has 6 nitrogen and oxygen atoms in total. The SMILES string of the molecule is Cc1ccc(CC(=O)Cc2ncc(S(=O)(=O)CC[NH3+])s2)c(C(=O)C2CCCC2)c1. The van der Waals surface area contributed by atoms with E-state index in [-0.39, 0.29) is 40.3 Å². The monoisotopic (exact) mass is 435 g/mol. The number of hydrogen-bond acceptors (Lipinski definition) is 6. The van der Waals surface area contributed by atoms with Gasteiger partial charge in [-0.05, 0) is 31.4 Å². The van der Waals surface area contributed by atoms with Crippen molar-refractivity contribution in [1.29, 1.82) is 0 Å². The Morgan fingerprint density at radius 3 is 2.62 bits per heavy atom. The summed E-state index contributed by atoms with van der Waals surface area (Å²) in [6.07, 6.45) is 5.54. The first-order valence-electron chi connectivity index (χ1n) is 9.92. The van der Waals surface area contributed by atoms with Crippen LogP contribution in [0, 0.1) is 12.8 Å². The highest BCUT2D eigenvalue weighted by Crippen LogP contribution is 2.30. The number of aryl methyl sites for hydroxylation is 1. The van der Waals surface area contributed by atoms with Crippen LogP contribution in [0.4, 0.5) is 0 Å². The van der Waals surface area contributed by atoms with Crippen LogP contribution in [0.3, 0.4) is 0 Å². The van der Waals surface area contributed by atoms with Gasteiger partial charge in [-0.25, -0.2) is 13.4 Å². The van der Waals surface area contributed by atoms with E-state index < -0.39 is 9.84 Å². The summed E-state index contributed by atoms with van der Waals surface area (Å²) in [6.45, 7) is 2.24. The molecule has 0 unspecified atom stereocenters. The van der Waals surface area contributed by atoms with E-state index in [9.17, 15) is 18.0 Å². The van der Waals surface area contributed by atoms with Gasteiger partial charge in [0.2, 0.25) is 0 Å². The summed E-state index contributed by atoms with van der Waals surface area (Å²) >= 11 is 1.04. The molecule has 3 rings (SSSR count). The molecule has 1 aromatic carbocycles. The topological polar surface area (TPSA) is 109 Å². The fraction of sp³-hybridized carbons (Fsp3) is 0.476. The summed E-state index contributed by atoms with van der Waals surface area (Å²) in [6, 6.07) is 5.67. The van der Waals surface area contributed by atoms with Crippen LogP contribution in [-0.4, -0.2) is 37.3 Å². The molecule has 0 amide bonds. The second-order valence-electron chi connectivity index (χ2n) is 7.64. The molecule has 3 N–H and O–H groups in total. The van der Waals surface area contributed by atoms with E-state index in [1.807, 2.05) is 25.1 Å². The zero-order valence-corrected chi connectivity index (χ0v) is 18.3. The van der Waals surface area contributed by atoms with Gasteiger partial charge in [0.15, 0.2) is 15.6 Å². The largest absolute Gasteiger partial charge is 0.357 e. The van der Waals surface area contributed by atoms with Crippen LogP contribution in [-0.2, 0) is 27.5 Å². The molecule has 0 radical (unpaired) electrons. The van der Waals surface area contributed by atoms with Gasteiger partial charge in [-0.3, -0.25) is 9.59 Å². The fourth-order valence-electron chi connectivity index (χ4n) is 3.73. The summed E-state index contributed by atoms with van der Waals surface area (Å²) in [5, 5.41) is 0.480. The van der Waals surface area contributed by atoms with Crippen molar-refractivity contribution in [2.24, 2.45) is 5.92 Å². The molecular weight excluding hydrogens is 408 g/mol. The van der Waals surface area contributed by atoms with E-state index in [0.29, 0.717) is 17.1 Å². The average molecular weight is 436 g/mol. The molecule has 0 bridgehead atoms. The van der Waals surface area contributed by atoms with Gasteiger partial charge < -0.3 is 5.73 Å². The second-order valence-corrected chi connectivity index (χ2v) is 11.1. The number of nitrogens with zero attached hydrogens (tertiary/aromatic N) is 1.